The third-order valence-electron chi connectivity index (χ3n) is 4.96. The molecule has 0 radical (unpaired) electrons. The molecule has 1 saturated carbocycles. The van der Waals surface area contributed by atoms with Crippen LogP contribution in [0.25, 0.3) is 0 Å². The first-order valence-electron chi connectivity index (χ1n) is 8.58. The molecule has 126 valence electrons. The van der Waals surface area contributed by atoms with E-state index in [4.69, 9.17) is 9.84 Å². The molecular weight excluding hydrogens is 292 g/mol. The Morgan fingerprint density at radius 1 is 1.39 bits per heavy atom. The van der Waals surface area contributed by atoms with E-state index >= 15 is 0 Å². The second-order valence-electron chi connectivity index (χ2n) is 6.82. The van der Waals surface area contributed by atoms with Crippen LogP contribution in [0.1, 0.15) is 57.1 Å². The quantitative estimate of drug-likeness (QED) is 0.799. The number of hydrogen-bond donors (Lipinski definition) is 3. The summed E-state index contributed by atoms with van der Waals surface area (Å²) in [6.07, 6.45) is 5.88. The van der Waals surface area contributed by atoms with Crippen LogP contribution in [0.5, 0.6) is 5.75 Å². The van der Waals surface area contributed by atoms with Gasteiger partial charge in [-0.3, -0.25) is 0 Å². The summed E-state index contributed by atoms with van der Waals surface area (Å²) < 4.78 is 6.31. The highest BCUT2D eigenvalue weighted by atomic mass is 16.5. The number of carbonyl (C=O) groups is 1. The number of carbonyl (C=O) groups excluding carboxylic acids is 1. The minimum absolute atomic E-state index is 0.0284. The number of nitrogens with one attached hydrogen (secondary N) is 2. The molecule has 2 aliphatic rings. The minimum atomic E-state index is -0.180. The lowest BCUT2D eigenvalue weighted by Gasteiger charge is -2.40. The van der Waals surface area contributed by atoms with E-state index in [0.717, 1.165) is 30.6 Å². The Hall–Kier alpha value is -1.75. The summed E-state index contributed by atoms with van der Waals surface area (Å²) in [6, 6.07) is 7.73. The van der Waals surface area contributed by atoms with E-state index in [9.17, 15) is 4.79 Å². The molecule has 23 heavy (non-hydrogen) atoms. The van der Waals surface area contributed by atoms with Crippen molar-refractivity contribution in [2.24, 2.45) is 0 Å². The standard InChI is InChI=1S/C18H26N2O3/c1-13(8-11-21)19-17(22)20-15-12-18(9-4-5-10-18)23-16-7-3-2-6-14(15)16/h2-3,6-7,13,15,21H,4-5,8-12H2,1H3,(H2,19,20,22)/t13-,15?/m1/s1. The largest absolute Gasteiger partial charge is 0.487 e. The lowest BCUT2D eigenvalue weighted by molar-refractivity contribution is 0.0384. The topological polar surface area (TPSA) is 70.6 Å². The van der Waals surface area contributed by atoms with Gasteiger partial charge < -0.3 is 20.5 Å². The molecule has 1 fully saturated rings. The summed E-state index contributed by atoms with van der Waals surface area (Å²) >= 11 is 0. The van der Waals surface area contributed by atoms with Crippen molar-refractivity contribution in [3.63, 3.8) is 0 Å². The maximum absolute atomic E-state index is 12.3. The van der Waals surface area contributed by atoms with Crippen LogP contribution in [0.3, 0.4) is 0 Å². The highest BCUT2D eigenvalue weighted by Crippen LogP contribution is 2.46. The van der Waals surface area contributed by atoms with Crippen molar-refractivity contribution in [3.05, 3.63) is 29.8 Å². The van der Waals surface area contributed by atoms with Gasteiger partial charge in [0.15, 0.2) is 0 Å². The van der Waals surface area contributed by atoms with Gasteiger partial charge in [-0.05, 0) is 45.1 Å². The predicted molar refractivity (Wildman–Crippen MR) is 88.5 cm³/mol. The van der Waals surface area contributed by atoms with E-state index in [1.54, 1.807) is 0 Å². The zero-order valence-corrected chi connectivity index (χ0v) is 13.7. The molecule has 1 aliphatic carbocycles. The predicted octanol–water partition coefficient (Wildman–Crippen LogP) is 2.89. The van der Waals surface area contributed by atoms with Gasteiger partial charge in [0.1, 0.15) is 11.4 Å². The van der Waals surface area contributed by atoms with Crippen LogP contribution in [-0.2, 0) is 0 Å². The highest BCUT2D eigenvalue weighted by Gasteiger charge is 2.43. The normalized spacial score (nSPS) is 23.0. The van der Waals surface area contributed by atoms with Gasteiger partial charge in [-0.15, -0.1) is 0 Å². The Labute approximate surface area is 137 Å². The SMILES string of the molecule is C[C@H](CCO)NC(=O)NC1CC2(CCCC2)Oc2ccccc21. The molecule has 3 N–H and O–H groups in total. The maximum atomic E-state index is 12.3. The van der Waals surface area contributed by atoms with Crippen LogP contribution in [0, 0.1) is 0 Å². The maximum Gasteiger partial charge on any atom is 0.315 e. The van der Waals surface area contributed by atoms with Gasteiger partial charge in [-0.2, -0.15) is 0 Å². The molecule has 1 heterocycles. The molecule has 0 aromatic heterocycles. The molecular formula is C18H26N2O3. The first-order valence-corrected chi connectivity index (χ1v) is 8.58. The van der Waals surface area contributed by atoms with Crippen LogP contribution in [0.2, 0.25) is 0 Å². The zero-order chi connectivity index (χ0) is 16.3. The summed E-state index contributed by atoms with van der Waals surface area (Å²) in [6.45, 7) is 1.97. The van der Waals surface area contributed by atoms with Gasteiger partial charge in [0.25, 0.3) is 0 Å². The molecule has 2 atom stereocenters. The Morgan fingerprint density at radius 3 is 2.87 bits per heavy atom. The third-order valence-corrected chi connectivity index (χ3v) is 4.96. The first kappa shape index (κ1) is 16.1. The molecule has 5 heteroatoms. The monoisotopic (exact) mass is 318 g/mol. The average molecular weight is 318 g/mol. The number of benzene rings is 1. The van der Waals surface area contributed by atoms with Gasteiger partial charge in [-0.25, -0.2) is 4.79 Å². The lowest BCUT2D eigenvalue weighted by atomic mass is 9.86. The van der Waals surface area contributed by atoms with Crippen LogP contribution >= 0.6 is 0 Å². The van der Waals surface area contributed by atoms with E-state index in [2.05, 4.69) is 10.6 Å². The van der Waals surface area contributed by atoms with Crippen molar-refractivity contribution < 1.29 is 14.6 Å². The molecule has 5 nitrogen and oxygen atoms in total. The Morgan fingerprint density at radius 2 is 2.13 bits per heavy atom. The first-order chi connectivity index (χ1) is 11.1. The number of fused-ring (bicyclic) bond motifs is 1. The molecule has 0 bridgehead atoms. The number of amides is 2. The fraction of sp³-hybridized carbons (Fsp3) is 0.611. The van der Waals surface area contributed by atoms with Crippen molar-refractivity contribution in [3.8, 4) is 5.75 Å². The number of hydrogen-bond acceptors (Lipinski definition) is 3. The number of ether oxygens (including phenoxy) is 1. The van der Waals surface area contributed by atoms with Crippen molar-refractivity contribution in [1.29, 1.82) is 0 Å². The fourth-order valence-electron chi connectivity index (χ4n) is 3.76. The number of aliphatic hydroxyl groups excluding tert-OH is 1. The van der Waals surface area contributed by atoms with E-state index in [1.165, 1.54) is 12.8 Å². The summed E-state index contributed by atoms with van der Waals surface area (Å²) in [5, 5.41) is 14.9. The van der Waals surface area contributed by atoms with E-state index < -0.39 is 0 Å². The second kappa shape index (κ2) is 6.79. The zero-order valence-electron chi connectivity index (χ0n) is 13.7. The minimum Gasteiger partial charge on any atom is -0.487 e. The fourth-order valence-corrected chi connectivity index (χ4v) is 3.76. The summed E-state index contributed by atoms with van der Waals surface area (Å²) in [5.41, 5.74) is 0.929. The Bertz CT molecular complexity index is 555. The number of rotatable bonds is 4. The van der Waals surface area contributed by atoms with Gasteiger partial charge >= 0.3 is 6.03 Å². The van der Waals surface area contributed by atoms with Crippen molar-refractivity contribution in [1.82, 2.24) is 10.6 Å². The average Bonchev–Trinajstić information content (AvgIpc) is 2.95. The Balaban J connectivity index is 1.73. The lowest BCUT2D eigenvalue weighted by Crippen LogP contribution is -2.47. The van der Waals surface area contributed by atoms with Crippen LogP contribution in [0.4, 0.5) is 4.79 Å². The molecule has 1 unspecified atom stereocenters. The van der Waals surface area contributed by atoms with Crippen LogP contribution < -0.4 is 15.4 Å². The molecule has 1 aliphatic heterocycles. The second-order valence-corrected chi connectivity index (χ2v) is 6.82. The van der Waals surface area contributed by atoms with E-state index in [1.807, 2.05) is 31.2 Å². The third kappa shape index (κ3) is 3.61. The van der Waals surface area contributed by atoms with Gasteiger partial charge in [0.05, 0.1) is 6.04 Å². The van der Waals surface area contributed by atoms with E-state index in [0.29, 0.717) is 6.42 Å². The van der Waals surface area contributed by atoms with E-state index in [-0.39, 0.29) is 30.3 Å². The van der Waals surface area contributed by atoms with Crippen molar-refractivity contribution in [2.45, 2.75) is 63.1 Å². The molecule has 2 amide bonds. The summed E-state index contributed by atoms with van der Waals surface area (Å²) in [5.74, 6) is 0.898. The molecule has 1 aromatic carbocycles. The number of urea groups is 1. The van der Waals surface area contributed by atoms with Crippen LogP contribution in [-0.4, -0.2) is 29.4 Å². The molecule has 1 spiro atoms. The van der Waals surface area contributed by atoms with Crippen LogP contribution in [0.15, 0.2) is 24.3 Å². The number of para-hydroxylation sites is 1. The Kier molecular flexibility index (Phi) is 4.76. The van der Waals surface area contributed by atoms with Gasteiger partial charge in [0, 0.05) is 24.6 Å². The smallest absolute Gasteiger partial charge is 0.315 e. The summed E-state index contributed by atoms with van der Waals surface area (Å²) in [4.78, 5) is 12.3. The van der Waals surface area contributed by atoms with Gasteiger partial charge in [0.2, 0.25) is 0 Å². The number of aliphatic hydroxyl groups is 1. The van der Waals surface area contributed by atoms with Crippen molar-refractivity contribution >= 4 is 6.03 Å². The molecule has 1 aromatic rings. The summed E-state index contributed by atoms with van der Waals surface area (Å²) in [7, 11) is 0. The van der Waals surface area contributed by atoms with Gasteiger partial charge in [-0.1, -0.05) is 18.2 Å². The molecule has 0 saturated heterocycles. The molecule has 3 rings (SSSR count). The van der Waals surface area contributed by atoms with Crippen molar-refractivity contribution in [2.75, 3.05) is 6.61 Å². The highest BCUT2D eigenvalue weighted by molar-refractivity contribution is 5.75.